The second-order valence-corrected chi connectivity index (χ2v) is 6.34. The fourth-order valence-electron chi connectivity index (χ4n) is 2.17. The van der Waals surface area contributed by atoms with Crippen LogP contribution < -0.4 is 15.5 Å². The standard InChI is InChI=1S/C17H17BrN4O5/c1-10(20-13-5-3-4-6-15(13)27-2)17(24)21-19-9-11-7-12(18)8-14(16(11)23)22(25)26/h3-10,20,23H,1-2H3,(H,21,24). The number of halogens is 1. The van der Waals surface area contributed by atoms with Crippen LogP contribution >= 0.6 is 15.9 Å². The van der Waals surface area contributed by atoms with Gasteiger partial charge in [-0.05, 0) is 25.1 Å². The van der Waals surface area contributed by atoms with Gasteiger partial charge in [-0.2, -0.15) is 5.10 Å². The molecule has 0 aromatic heterocycles. The summed E-state index contributed by atoms with van der Waals surface area (Å²) in [7, 11) is 1.53. The Labute approximate surface area is 163 Å². The van der Waals surface area contributed by atoms with Gasteiger partial charge < -0.3 is 15.2 Å². The summed E-state index contributed by atoms with van der Waals surface area (Å²) in [5.74, 6) is -0.394. The molecular weight excluding hydrogens is 420 g/mol. The van der Waals surface area contributed by atoms with E-state index in [1.807, 2.05) is 6.07 Å². The molecule has 0 bridgehead atoms. The number of benzene rings is 2. The van der Waals surface area contributed by atoms with Gasteiger partial charge >= 0.3 is 5.69 Å². The number of hydrogen-bond donors (Lipinski definition) is 3. The van der Waals surface area contributed by atoms with Crippen LogP contribution in [-0.2, 0) is 4.79 Å². The van der Waals surface area contributed by atoms with Gasteiger partial charge in [0.2, 0.25) is 5.75 Å². The molecule has 1 atom stereocenters. The van der Waals surface area contributed by atoms with E-state index in [1.54, 1.807) is 25.1 Å². The average Bonchev–Trinajstić information content (AvgIpc) is 2.64. The van der Waals surface area contributed by atoms with Crippen molar-refractivity contribution in [3.8, 4) is 11.5 Å². The third-order valence-electron chi connectivity index (χ3n) is 3.53. The number of aromatic hydroxyl groups is 1. The summed E-state index contributed by atoms with van der Waals surface area (Å²) in [5, 5.41) is 27.6. The Hall–Kier alpha value is -3.14. The summed E-state index contributed by atoms with van der Waals surface area (Å²) >= 11 is 3.12. The highest BCUT2D eigenvalue weighted by Crippen LogP contribution is 2.32. The third kappa shape index (κ3) is 5.17. The maximum Gasteiger partial charge on any atom is 0.312 e. The van der Waals surface area contributed by atoms with E-state index in [2.05, 4.69) is 31.8 Å². The summed E-state index contributed by atoms with van der Waals surface area (Å²) in [6.07, 6.45) is 1.13. The minimum absolute atomic E-state index is 0.0849. The SMILES string of the molecule is COc1ccccc1NC(C)C(=O)NN=Cc1cc(Br)cc([N+](=O)[O-])c1O. The van der Waals surface area contributed by atoms with E-state index in [4.69, 9.17) is 4.74 Å². The summed E-state index contributed by atoms with van der Waals surface area (Å²) in [6, 6.07) is 9.11. The maximum atomic E-state index is 12.2. The van der Waals surface area contributed by atoms with Crippen molar-refractivity contribution in [2.24, 2.45) is 5.10 Å². The third-order valence-corrected chi connectivity index (χ3v) is 3.99. The Morgan fingerprint density at radius 1 is 1.41 bits per heavy atom. The number of ether oxygens (including phenoxy) is 1. The minimum Gasteiger partial charge on any atom is -0.502 e. The molecule has 0 spiro atoms. The van der Waals surface area contributed by atoms with Crippen molar-refractivity contribution in [3.05, 3.63) is 56.5 Å². The lowest BCUT2D eigenvalue weighted by atomic mass is 10.2. The number of hydrogen-bond acceptors (Lipinski definition) is 7. The molecule has 0 aliphatic heterocycles. The molecule has 0 radical (unpaired) electrons. The van der Waals surface area contributed by atoms with Gasteiger partial charge in [0.25, 0.3) is 5.91 Å². The van der Waals surface area contributed by atoms with Crippen LogP contribution in [0.4, 0.5) is 11.4 Å². The Balaban J connectivity index is 2.06. The molecule has 9 nitrogen and oxygen atoms in total. The van der Waals surface area contributed by atoms with E-state index >= 15 is 0 Å². The number of methoxy groups -OCH3 is 1. The smallest absolute Gasteiger partial charge is 0.312 e. The lowest BCUT2D eigenvalue weighted by Crippen LogP contribution is -2.35. The second-order valence-electron chi connectivity index (χ2n) is 5.42. The molecule has 1 amide bonds. The first-order valence-corrected chi connectivity index (χ1v) is 8.52. The molecule has 0 aliphatic carbocycles. The lowest BCUT2D eigenvalue weighted by Gasteiger charge is -2.15. The lowest BCUT2D eigenvalue weighted by molar-refractivity contribution is -0.385. The normalized spacial score (nSPS) is 11.8. The first-order valence-electron chi connectivity index (χ1n) is 7.73. The fourth-order valence-corrected chi connectivity index (χ4v) is 2.63. The molecule has 2 rings (SSSR count). The molecule has 0 heterocycles. The van der Waals surface area contributed by atoms with E-state index in [-0.39, 0.29) is 5.56 Å². The largest absolute Gasteiger partial charge is 0.502 e. The Morgan fingerprint density at radius 2 is 2.11 bits per heavy atom. The van der Waals surface area contributed by atoms with Gasteiger partial charge in [0.15, 0.2) is 0 Å². The van der Waals surface area contributed by atoms with Crippen molar-refractivity contribution in [3.63, 3.8) is 0 Å². The average molecular weight is 437 g/mol. The highest BCUT2D eigenvalue weighted by Gasteiger charge is 2.18. The molecule has 2 aromatic rings. The van der Waals surface area contributed by atoms with Crippen molar-refractivity contribution in [1.29, 1.82) is 0 Å². The zero-order chi connectivity index (χ0) is 20.0. The van der Waals surface area contributed by atoms with Crippen molar-refractivity contribution >= 4 is 39.4 Å². The van der Waals surface area contributed by atoms with Crippen LogP contribution in [0.1, 0.15) is 12.5 Å². The van der Waals surface area contributed by atoms with Crippen LogP contribution in [0, 0.1) is 10.1 Å². The van der Waals surface area contributed by atoms with Gasteiger partial charge in [-0.3, -0.25) is 14.9 Å². The number of phenolic OH excluding ortho intramolecular Hbond substituents is 1. The van der Waals surface area contributed by atoms with Gasteiger partial charge in [0.05, 0.1) is 23.9 Å². The molecule has 0 fully saturated rings. The summed E-state index contributed by atoms with van der Waals surface area (Å²) in [4.78, 5) is 22.4. The molecule has 142 valence electrons. The van der Waals surface area contributed by atoms with Gasteiger partial charge in [-0.25, -0.2) is 5.43 Å². The Bertz CT molecular complexity index is 888. The van der Waals surface area contributed by atoms with Crippen LogP contribution in [0.2, 0.25) is 0 Å². The molecule has 27 heavy (non-hydrogen) atoms. The molecule has 2 aromatic carbocycles. The Kier molecular flexibility index (Phi) is 6.72. The number of nitrogens with one attached hydrogen (secondary N) is 2. The molecule has 0 saturated heterocycles. The highest BCUT2D eigenvalue weighted by atomic mass is 79.9. The monoisotopic (exact) mass is 436 g/mol. The summed E-state index contributed by atoms with van der Waals surface area (Å²) in [5.41, 5.74) is 2.58. The molecule has 10 heteroatoms. The van der Waals surface area contributed by atoms with E-state index in [0.717, 1.165) is 6.21 Å². The quantitative estimate of drug-likeness (QED) is 0.347. The zero-order valence-corrected chi connectivity index (χ0v) is 16.1. The van der Waals surface area contributed by atoms with Crippen molar-refractivity contribution < 1.29 is 19.6 Å². The van der Waals surface area contributed by atoms with Crippen molar-refractivity contribution in [1.82, 2.24) is 5.43 Å². The van der Waals surface area contributed by atoms with Crippen molar-refractivity contribution in [2.45, 2.75) is 13.0 Å². The number of phenols is 1. The van der Waals surface area contributed by atoms with Gasteiger partial charge in [0, 0.05) is 16.1 Å². The predicted molar refractivity (Wildman–Crippen MR) is 104 cm³/mol. The van der Waals surface area contributed by atoms with Gasteiger partial charge in [0.1, 0.15) is 11.8 Å². The first kappa shape index (κ1) is 20.2. The predicted octanol–water partition coefficient (Wildman–Crippen LogP) is 3.02. The second kappa shape index (κ2) is 8.99. The highest BCUT2D eigenvalue weighted by molar-refractivity contribution is 9.10. The number of amides is 1. The number of nitrogens with zero attached hydrogens (tertiary/aromatic N) is 2. The summed E-state index contributed by atoms with van der Waals surface area (Å²) < 4.78 is 5.60. The zero-order valence-electron chi connectivity index (χ0n) is 14.5. The van der Waals surface area contributed by atoms with Crippen LogP contribution in [-0.4, -0.2) is 35.3 Å². The van der Waals surface area contributed by atoms with Crippen molar-refractivity contribution in [2.75, 3.05) is 12.4 Å². The summed E-state index contributed by atoms with van der Waals surface area (Å²) in [6.45, 7) is 1.64. The van der Waals surface area contributed by atoms with Crippen LogP contribution in [0.3, 0.4) is 0 Å². The number of anilines is 1. The molecular formula is C17H17BrN4O5. The fraction of sp³-hybridized carbons (Fsp3) is 0.176. The number of nitro benzene ring substituents is 1. The van der Waals surface area contributed by atoms with E-state index in [9.17, 15) is 20.0 Å². The van der Waals surface area contributed by atoms with E-state index < -0.39 is 28.3 Å². The molecule has 0 saturated carbocycles. The van der Waals surface area contributed by atoms with E-state index in [1.165, 1.54) is 19.2 Å². The minimum atomic E-state index is -0.713. The van der Waals surface area contributed by atoms with Gasteiger partial charge in [-0.15, -0.1) is 0 Å². The van der Waals surface area contributed by atoms with Crippen LogP contribution in [0.15, 0.2) is 46.0 Å². The number of carbonyl (C=O) groups is 1. The topological polar surface area (TPSA) is 126 Å². The van der Waals surface area contributed by atoms with Crippen LogP contribution in [0.5, 0.6) is 11.5 Å². The number of nitro groups is 1. The molecule has 3 N–H and O–H groups in total. The van der Waals surface area contributed by atoms with Gasteiger partial charge in [-0.1, -0.05) is 28.1 Å². The van der Waals surface area contributed by atoms with Crippen LogP contribution in [0.25, 0.3) is 0 Å². The van der Waals surface area contributed by atoms with E-state index in [0.29, 0.717) is 15.9 Å². The number of carbonyl (C=O) groups excluding carboxylic acids is 1. The Morgan fingerprint density at radius 3 is 2.78 bits per heavy atom. The molecule has 1 unspecified atom stereocenters. The number of rotatable bonds is 7. The first-order chi connectivity index (χ1) is 12.8. The molecule has 0 aliphatic rings. The number of hydrazone groups is 1. The number of para-hydroxylation sites is 2. The maximum absolute atomic E-state index is 12.2.